The zero-order chi connectivity index (χ0) is 9.84. The average molecular weight is 242 g/mol. The summed E-state index contributed by atoms with van der Waals surface area (Å²) < 4.78 is 5.66. The van der Waals surface area contributed by atoms with E-state index < -0.39 is 0 Å². The van der Waals surface area contributed by atoms with Crippen molar-refractivity contribution < 1.29 is 9.84 Å². The molecule has 1 aromatic carbocycles. The Morgan fingerprint density at radius 3 is 2.85 bits per heavy atom. The molecule has 0 radical (unpaired) electrons. The number of nitriles is 1. The van der Waals surface area contributed by atoms with Crippen LogP contribution in [0.2, 0.25) is 0 Å². The molecular weight excluding hydrogens is 234 g/mol. The van der Waals surface area contributed by atoms with Crippen molar-refractivity contribution in [2.75, 3.05) is 7.11 Å². The van der Waals surface area contributed by atoms with Crippen LogP contribution in [-0.2, 0) is 6.42 Å². The largest absolute Gasteiger partial charge is 0.508 e. The van der Waals surface area contributed by atoms with Crippen molar-refractivity contribution >= 4 is 15.9 Å². The van der Waals surface area contributed by atoms with Gasteiger partial charge in [-0.1, -0.05) is 0 Å². The summed E-state index contributed by atoms with van der Waals surface area (Å²) in [5, 5.41) is 17.9. The maximum absolute atomic E-state index is 9.41. The zero-order valence-corrected chi connectivity index (χ0v) is 8.63. The molecule has 0 aromatic heterocycles. The second-order valence-corrected chi connectivity index (χ2v) is 3.21. The number of hydrogen-bond donors (Lipinski definition) is 1. The summed E-state index contributed by atoms with van der Waals surface area (Å²) in [6.45, 7) is 0. The van der Waals surface area contributed by atoms with Crippen LogP contribution in [0.3, 0.4) is 0 Å². The van der Waals surface area contributed by atoms with Gasteiger partial charge in [-0.2, -0.15) is 5.26 Å². The number of benzene rings is 1. The molecule has 3 nitrogen and oxygen atoms in total. The minimum Gasteiger partial charge on any atom is -0.508 e. The highest BCUT2D eigenvalue weighted by Gasteiger charge is 2.10. The van der Waals surface area contributed by atoms with Crippen LogP contribution in [-0.4, -0.2) is 12.2 Å². The lowest BCUT2D eigenvalue weighted by atomic mass is 10.1. The van der Waals surface area contributed by atoms with Crippen molar-refractivity contribution in [2.24, 2.45) is 0 Å². The first-order chi connectivity index (χ1) is 6.20. The number of phenols is 1. The molecule has 0 aliphatic rings. The van der Waals surface area contributed by atoms with Crippen LogP contribution >= 0.6 is 15.9 Å². The summed E-state index contributed by atoms with van der Waals surface area (Å²) >= 11 is 3.26. The molecule has 0 bridgehead atoms. The molecule has 4 heteroatoms. The van der Waals surface area contributed by atoms with Gasteiger partial charge in [-0.15, -0.1) is 0 Å². The van der Waals surface area contributed by atoms with E-state index in [0.717, 1.165) is 0 Å². The lowest BCUT2D eigenvalue weighted by Gasteiger charge is -2.07. The molecule has 0 spiro atoms. The molecule has 0 unspecified atom stereocenters. The van der Waals surface area contributed by atoms with Gasteiger partial charge in [0.1, 0.15) is 11.5 Å². The summed E-state index contributed by atoms with van der Waals surface area (Å²) in [7, 11) is 1.54. The fourth-order valence-corrected chi connectivity index (χ4v) is 1.63. The minimum absolute atomic E-state index is 0.106. The molecule has 68 valence electrons. The van der Waals surface area contributed by atoms with Gasteiger partial charge >= 0.3 is 0 Å². The van der Waals surface area contributed by atoms with Crippen LogP contribution in [0.5, 0.6) is 11.5 Å². The summed E-state index contributed by atoms with van der Waals surface area (Å²) in [4.78, 5) is 0. The Morgan fingerprint density at radius 1 is 1.62 bits per heavy atom. The second-order valence-electron chi connectivity index (χ2n) is 2.41. The molecule has 0 saturated carbocycles. The van der Waals surface area contributed by atoms with Gasteiger partial charge in [0.15, 0.2) is 0 Å². The number of ether oxygens (including phenoxy) is 1. The Balaban J connectivity index is 3.23. The Hall–Kier alpha value is -1.21. The number of halogens is 1. The van der Waals surface area contributed by atoms with Gasteiger partial charge in [0.05, 0.1) is 24.1 Å². The van der Waals surface area contributed by atoms with Crippen molar-refractivity contribution in [3.63, 3.8) is 0 Å². The van der Waals surface area contributed by atoms with Crippen molar-refractivity contribution in [3.05, 3.63) is 22.2 Å². The van der Waals surface area contributed by atoms with Crippen LogP contribution in [0.15, 0.2) is 16.6 Å². The first-order valence-electron chi connectivity index (χ1n) is 3.62. The number of aromatic hydroxyl groups is 1. The number of nitrogens with zero attached hydrogens (tertiary/aromatic N) is 1. The van der Waals surface area contributed by atoms with Gasteiger partial charge < -0.3 is 9.84 Å². The highest BCUT2D eigenvalue weighted by Crippen LogP contribution is 2.34. The summed E-state index contributed by atoms with van der Waals surface area (Å²) in [5.41, 5.74) is 0.557. The van der Waals surface area contributed by atoms with Gasteiger partial charge in [0.2, 0.25) is 0 Å². The third kappa shape index (κ3) is 1.93. The highest BCUT2D eigenvalue weighted by atomic mass is 79.9. The van der Waals surface area contributed by atoms with Gasteiger partial charge in [-0.25, -0.2) is 0 Å². The number of rotatable bonds is 2. The quantitative estimate of drug-likeness (QED) is 0.865. The van der Waals surface area contributed by atoms with Crippen LogP contribution in [0, 0.1) is 11.3 Å². The fourth-order valence-electron chi connectivity index (χ4n) is 0.994. The second kappa shape index (κ2) is 4.15. The van der Waals surface area contributed by atoms with E-state index in [2.05, 4.69) is 15.9 Å². The molecule has 1 N–H and O–H groups in total. The van der Waals surface area contributed by atoms with Gasteiger partial charge in [-0.05, 0) is 28.1 Å². The van der Waals surface area contributed by atoms with Crippen molar-refractivity contribution in [1.82, 2.24) is 0 Å². The van der Waals surface area contributed by atoms with Crippen LogP contribution in [0.1, 0.15) is 5.56 Å². The fraction of sp³-hybridized carbons (Fsp3) is 0.222. The van der Waals surface area contributed by atoms with E-state index in [1.54, 1.807) is 6.07 Å². The summed E-state index contributed by atoms with van der Waals surface area (Å²) in [6, 6.07) is 5.12. The third-order valence-corrected chi connectivity index (χ3v) is 2.53. The summed E-state index contributed by atoms with van der Waals surface area (Å²) in [5.74, 6) is 0.720. The van der Waals surface area contributed by atoms with Crippen LogP contribution < -0.4 is 4.74 Å². The average Bonchev–Trinajstić information content (AvgIpc) is 2.12. The van der Waals surface area contributed by atoms with E-state index in [-0.39, 0.29) is 12.2 Å². The predicted molar refractivity (Wildman–Crippen MR) is 51.7 cm³/mol. The molecule has 0 aliphatic carbocycles. The van der Waals surface area contributed by atoms with E-state index in [1.807, 2.05) is 6.07 Å². The normalized spacial score (nSPS) is 9.31. The Labute approximate surface area is 84.7 Å². The van der Waals surface area contributed by atoms with Crippen molar-refractivity contribution in [2.45, 2.75) is 6.42 Å². The maximum atomic E-state index is 9.41. The first kappa shape index (κ1) is 9.87. The monoisotopic (exact) mass is 241 g/mol. The van der Waals surface area contributed by atoms with Crippen LogP contribution in [0.25, 0.3) is 0 Å². The Bertz CT molecular complexity index is 357. The smallest absolute Gasteiger partial charge is 0.133 e. The van der Waals surface area contributed by atoms with Crippen LogP contribution in [0.4, 0.5) is 0 Å². The Kier molecular flexibility index (Phi) is 3.15. The SMILES string of the molecule is COc1ccc(O)c(CC#N)c1Br. The molecule has 13 heavy (non-hydrogen) atoms. The molecule has 0 aliphatic heterocycles. The topological polar surface area (TPSA) is 53.2 Å². The standard InChI is InChI=1S/C9H8BrNO2/c1-13-8-3-2-7(12)6(4-5-11)9(8)10/h2-3,12H,4H2,1H3. The van der Waals surface area contributed by atoms with E-state index in [1.165, 1.54) is 13.2 Å². The maximum Gasteiger partial charge on any atom is 0.133 e. The molecular formula is C9H8BrNO2. The van der Waals surface area contributed by atoms with Gasteiger partial charge in [-0.3, -0.25) is 0 Å². The van der Waals surface area contributed by atoms with Gasteiger partial charge in [0.25, 0.3) is 0 Å². The number of methoxy groups -OCH3 is 1. The molecule has 0 fully saturated rings. The van der Waals surface area contributed by atoms with Crippen molar-refractivity contribution in [1.29, 1.82) is 5.26 Å². The number of phenolic OH excluding ortho intramolecular Hbond substituents is 1. The summed E-state index contributed by atoms with van der Waals surface area (Å²) in [6.07, 6.45) is 0.156. The van der Waals surface area contributed by atoms with E-state index >= 15 is 0 Å². The number of hydrogen-bond acceptors (Lipinski definition) is 3. The molecule has 1 rings (SSSR count). The van der Waals surface area contributed by atoms with Gasteiger partial charge in [0, 0.05) is 5.56 Å². The molecule has 0 saturated heterocycles. The molecule has 0 atom stereocenters. The van der Waals surface area contributed by atoms with E-state index in [0.29, 0.717) is 15.8 Å². The lowest BCUT2D eigenvalue weighted by molar-refractivity contribution is 0.408. The van der Waals surface area contributed by atoms with E-state index in [4.69, 9.17) is 10.00 Å². The third-order valence-electron chi connectivity index (χ3n) is 1.66. The predicted octanol–water partition coefficient (Wildman–Crippen LogP) is 2.23. The van der Waals surface area contributed by atoms with E-state index in [9.17, 15) is 5.11 Å². The molecule has 1 aromatic rings. The highest BCUT2D eigenvalue weighted by molar-refractivity contribution is 9.10. The molecule has 0 amide bonds. The lowest BCUT2D eigenvalue weighted by Crippen LogP contribution is -1.90. The Morgan fingerprint density at radius 2 is 2.31 bits per heavy atom. The molecule has 0 heterocycles. The first-order valence-corrected chi connectivity index (χ1v) is 4.41. The zero-order valence-electron chi connectivity index (χ0n) is 7.04. The minimum atomic E-state index is 0.106. The van der Waals surface area contributed by atoms with Crippen molar-refractivity contribution in [3.8, 4) is 17.6 Å².